The summed E-state index contributed by atoms with van der Waals surface area (Å²) in [5.41, 5.74) is 1.28. The molecule has 0 aromatic rings. The highest BCUT2D eigenvalue weighted by molar-refractivity contribution is 6.25. The van der Waals surface area contributed by atoms with Gasteiger partial charge in [-0.2, -0.15) is 4.42 Å². The van der Waals surface area contributed by atoms with Crippen LogP contribution in [0.15, 0.2) is 11.6 Å². The summed E-state index contributed by atoms with van der Waals surface area (Å²) >= 11 is 11.5. The molecule has 0 N–H and O–H groups in total. The maximum atomic E-state index is 5.78. The molecule has 52 valence electrons. The minimum Gasteiger partial charge on any atom is -0.198 e. The lowest BCUT2D eigenvalue weighted by Gasteiger charge is -2.23. The summed E-state index contributed by atoms with van der Waals surface area (Å²) in [6.07, 6.45) is 2.98. The van der Waals surface area contributed by atoms with Crippen molar-refractivity contribution in [3.8, 4) is 0 Å². The standard InChI is InChI=1S/C6H9Cl2N/c1-5-2-3-6(7)9(8)4-5/h2,6H,3-4H2,1H3. The largest absolute Gasteiger partial charge is 0.198 e. The predicted molar refractivity (Wildman–Crippen MR) is 40.6 cm³/mol. The van der Waals surface area contributed by atoms with E-state index in [1.165, 1.54) is 5.57 Å². The molecule has 0 radical (unpaired) electrons. The molecule has 1 unspecified atom stereocenters. The average molecular weight is 166 g/mol. The second-order valence-electron chi connectivity index (χ2n) is 2.28. The number of halogens is 2. The van der Waals surface area contributed by atoms with Crippen LogP contribution in [-0.4, -0.2) is 16.5 Å². The van der Waals surface area contributed by atoms with E-state index in [1.54, 1.807) is 4.42 Å². The lowest BCUT2D eigenvalue weighted by atomic mass is 10.2. The van der Waals surface area contributed by atoms with Gasteiger partial charge in [-0.1, -0.05) is 11.6 Å². The Bertz CT molecular complexity index is 133. The zero-order valence-corrected chi connectivity index (χ0v) is 6.78. The third-order valence-electron chi connectivity index (χ3n) is 1.37. The molecule has 3 heteroatoms. The summed E-state index contributed by atoms with van der Waals surface area (Å²) in [7, 11) is 0. The molecule has 0 fully saturated rings. The first-order chi connectivity index (χ1) is 4.20. The Balaban J connectivity index is 2.54. The number of alkyl halides is 1. The Kier molecular flexibility index (Phi) is 2.39. The smallest absolute Gasteiger partial charge is 0.103 e. The first kappa shape index (κ1) is 7.39. The molecule has 1 heterocycles. The minimum atomic E-state index is -0.0182. The Labute approximate surface area is 65.3 Å². The second kappa shape index (κ2) is 2.91. The van der Waals surface area contributed by atoms with Crippen molar-refractivity contribution < 1.29 is 0 Å². The third kappa shape index (κ3) is 1.85. The van der Waals surface area contributed by atoms with Crippen LogP contribution in [0.3, 0.4) is 0 Å². The molecule has 0 bridgehead atoms. The number of hydrogen-bond acceptors (Lipinski definition) is 1. The van der Waals surface area contributed by atoms with E-state index in [9.17, 15) is 0 Å². The van der Waals surface area contributed by atoms with Gasteiger partial charge in [-0.3, -0.25) is 0 Å². The van der Waals surface area contributed by atoms with Gasteiger partial charge in [-0.15, -0.1) is 11.6 Å². The molecular weight excluding hydrogens is 157 g/mol. The molecule has 0 spiro atoms. The Hall–Kier alpha value is 0.280. The summed E-state index contributed by atoms with van der Waals surface area (Å²) in [4.78, 5) is 0. The van der Waals surface area contributed by atoms with Crippen molar-refractivity contribution >= 4 is 23.4 Å². The van der Waals surface area contributed by atoms with Crippen LogP contribution in [0.4, 0.5) is 0 Å². The van der Waals surface area contributed by atoms with Gasteiger partial charge in [0.2, 0.25) is 0 Å². The molecule has 0 aliphatic carbocycles. The Morgan fingerprint density at radius 3 is 2.89 bits per heavy atom. The van der Waals surface area contributed by atoms with Crippen molar-refractivity contribution in [2.75, 3.05) is 6.54 Å². The van der Waals surface area contributed by atoms with Crippen molar-refractivity contribution in [1.82, 2.24) is 4.42 Å². The fourth-order valence-corrected chi connectivity index (χ4v) is 1.24. The minimum absolute atomic E-state index is 0.0182. The molecule has 1 rings (SSSR count). The molecular formula is C6H9Cl2N. The predicted octanol–water partition coefficient (Wildman–Crippen LogP) is 2.36. The lowest BCUT2D eigenvalue weighted by molar-refractivity contribution is 0.437. The average Bonchev–Trinajstić information content (AvgIpc) is 1.80. The van der Waals surface area contributed by atoms with Crippen LogP contribution in [0.25, 0.3) is 0 Å². The van der Waals surface area contributed by atoms with Crippen molar-refractivity contribution in [2.45, 2.75) is 18.8 Å². The summed E-state index contributed by atoms with van der Waals surface area (Å²) < 4.78 is 1.62. The van der Waals surface area contributed by atoms with Gasteiger partial charge in [0.1, 0.15) is 5.50 Å². The Morgan fingerprint density at radius 2 is 2.44 bits per heavy atom. The van der Waals surface area contributed by atoms with Gasteiger partial charge in [-0.25, -0.2) is 0 Å². The van der Waals surface area contributed by atoms with Crippen molar-refractivity contribution in [2.24, 2.45) is 0 Å². The zero-order chi connectivity index (χ0) is 6.85. The van der Waals surface area contributed by atoms with Gasteiger partial charge in [0.25, 0.3) is 0 Å². The summed E-state index contributed by atoms with van der Waals surface area (Å²) in [5, 5.41) is 0. The highest BCUT2D eigenvalue weighted by Gasteiger charge is 2.16. The van der Waals surface area contributed by atoms with Gasteiger partial charge in [-0.05, 0) is 25.1 Å². The van der Waals surface area contributed by atoms with Gasteiger partial charge in [0.05, 0.1) is 0 Å². The van der Waals surface area contributed by atoms with Crippen LogP contribution in [0.2, 0.25) is 0 Å². The second-order valence-corrected chi connectivity index (χ2v) is 3.22. The van der Waals surface area contributed by atoms with Crippen LogP contribution in [-0.2, 0) is 0 Å². The molecule has 0 saturated heterocycles. The van der Waals surface area contributed by atoms with Crippen molar-refractivity contribution in [3.63, 3.8) is 0 Å². The normalized spacial score (nSPS) is 30.1. The zero-order valence-electron chi connectivity index (χ0n) is 5.27. The van der Waals surface area contributed by atoms with E-state index in [-0.39, 0.29) is 5.50 Å². The quantitative estimate of drug-likeness (QED) is 0.231. The molecule has 1 aliphatic heterocycles. The van der Waals surface area contributed by atoms with E-state index >= 15 is 0 Å². The molecule has 0 saturated carbocycles. The molecule has 0 amide bonds. The monoisotopic (exact) mass is 165 g/mol. The van der Waals surface area contributed by atoms with E-state index in [0.29, 0.717) is 0 Å². The summed E-state index contributed by atoms with van der Waals surface area (Å²) in [5.74, 6) is 0. The van der Waals surface area contributed by atoms with Crippen LogP contribution < -0.4 is 0 Å². The highest BCUT2D eigenvalue weighted by Crippen LogP contribution is 2.20. The SMILES string of the molecule is CC1=CCC(Cl)N(Cl)C1. The fourth-order valence-electron chi connectivity index (χ4n) is 0.815. The third-order valence-corrected chi connectivity index (χ3v) is 2.23. The van der Waals surface area contributed by atoms with Gasteiger partial charge in [0, 0.05) is 6.54 Å². The fraction of sp³-hybridized carbons (Fsp3) is 0.667. The maximum absolute atomic E-state index is 5.78. The Morgan fingerprint density at radius 1 is 1.78 bits per heavy atom. The van der Waals surface area contributed by atoms with Crippen LogP contribution in [0, 0.1) is 0 Å². The molecule has 1 aliphatic rings. The first-order valence-corrected chi connectivity index (χ1v) is 3.69. The van der Waals surface area contributed by atoms with Crippen LogP contribution in [0.5, 0.6) is 0 Å². The van der Waals surface area contributed by atoms with Crippen molar-refractivity contribution in [3.05, 3.63) is 11.6 Å². The van der Waals surface area contributed by atoms with E-state index in [0.717, 1.165) is 13.0 Å². The summed E-state index contributed by atoms with van der Waals surface area (Å²) in [6, 6.07) is 0. The number of hydrogen-bond donors (Lipinski definition) is 0. The molecule has 1 atom stereocenters. The van der Waals surface area contributed by atoms with E-state index in [1.807, 2.05) is 0 Å². The molecule has 0 aromatic heterocycles. The number of nitrogens with zero attached hydrogens (tertiary/aromatic N) is 1. The highest BCUT2D eigenvalue weighted by atomic mass is 35.5. The van der Waals surface area contributed by atoms with E-state index < -0.39 is 0 Å². The van der Waals surface area contributed by atoms with E-state index in [4.69, 9.17) is 23.4 Å². The number of rotatable bonds is 0. The maximum Gasteiger partial charge on any atom is 0.103 e. The molecule has 9 heavy (non-hydrogen) atoms. The van der Waals surface area contributed by atoms with Gasteiger partial charge >= 0.3 is 0 Å². The lowest BCUT2D eigenvalue weighted by Crippen LogP contribution is -2.26. The van der Waals surface area contributed by atoms with Crippen molar-refractivity contribution in [1.29, 1.82) is 0 Å². The first-order valence-electron chi connectivity index (χ1n) is 2.92. The molecule has 1 nitrogen and oxygen atoms in total. The topological polar surface area (TPSA) is 3.24 Å². The van der Waals surface area contributed by atoms with Crippen LogP contribution in [0.1, 0.15) is 13.3 Å². The van der Waals surface area contributed by atoms with Crippen LogP contribution >= 0.6 is 23.4 Å². The summed E-state index contributed by atoms with van der Waals surface area (Å²) in [6.45, 7) is 2.84. The van der Waals surface area contributed by atoms with E-state index in [2.05, 4.69) is 13.0 Å². The molecule has 0 aromatic carbocycles. The van der Waals surface area contributed by atoms with Gasteiger partial charge in [0.15, 0.2) is 0 Å². The van der Waals surface area contributed by atoms with Gasteiger partial charge < -0.3 is 0 Å².